The van der Waals surface area contributed by atoms with Crippen LogP contribution in [0.2, 0.25) is 0 Å². The molecule has 0 bridgehead atoms. The van der Waals surface area contributed by atoms with E-state index in [-0.39, 0.29) is 0 Å². The molecule has 2 aromatic carbocycles. The highest BCUT2D eigenvalue weighted by atomic mass is 16.5. The minimum Gasteiger partial charge on any atom is -0.497 e. The number of carbonyl (C=O) groups is 1. The zero-order valence-corrected chi connectivity index (χ0v) is 13.0. The van der Waals surface area contributed by atoms with E-state index in [0.717, 1.165) is 27.8 Å². The Labute approximate surface area is 134 Å². The van der Waals surface area contributed by atoms with Crippen LogP contribution in [0.25, 0.3) is 10.9 Å². The van der Waals surface area contributed by atoms with Gasteiger partial charge in [-0.15, -0.1) is 0 Å². The number of hydrogen-bond acceptors (Lipinski definition) is 3. The summed E-state index contributed by atoms with van der Waals surface area (Å²) in [6, 6.07) is 13.7. The fourth-order valence-corrected chi connectivity index (χ4v) is 2.72. The normalized spacial score (nSPS) is 10.7. The average Bonchev–Trinajstić information content (AvgIpc) is 2.95. The summed E-state index contributed by atoms with van der Waals surface area (Å²) in [5.74, 6) is 0.324. The Balaban J connectivity index is 1.98. The molecule has 0 aliphatic carbocycles. The number of fused-ring (bicyclic) bond motifs is 1. The lowest BCUT2D eigenvalue weighted by Crippen LogP contribution is -2.19. The molecule has 0 fully saturated rings. The highest BCUT2D eigenvalue weighted by Gasteiger charge is 2.11. The molecule has 0 radical (unpaired) electrons. The van der Waals surface area contributed by atoms with Crippen LogP contribution in [0.1, 0.15) is 21.5 Å². The van der Waals surface area contributed by atoms with Crippen molar-refractivity contribution in [2.24, 2.45) is 0 Å². The number of hydroxylamine groups is 1. The summed E-state index contributed by atoms with van der Waals surface area (Å²) in [5, 5.41) is 9.93. The highest BCUT2D eigenvalue weighted by Crippen LogP contribution is 2.22. The molecule has 0 aliphatic rings. The molecule has 5 heteroatoms. The maximum absolute atomic E-state index is 11.8. The van der Waals surface area contributed by atoms with Crippen LogP contribution in [0.5, 0.6) is 5.75 Å². The topological polar surface area (TPSA) is 63.5 Å². The summed E-state index contributed by atoms with van der Waals surface area (Å²) in [4.78, 5) is 11.8. The van der Waals surface area contributed by atoms with E-state index in [1.54, 1.807) is 18.7 Å². The molecule has 1 heterocycles. The van der Waals surface area contributed by atoms with Crippen molar-refractivity contribution in [1.82, 2.24) is 10.0 Å². The average molecular weight is 310 g/mol. The Kier molecular flexibility index (Phi) is 4.04. The van der Waals surface area contributed by atoms with Crippen molar-refractivity contribution in [3.05, 3.63) is 65.4 Å². The van der Waals surface area contributed by atoms with Crippen molar-refractivity contribution < 1.29 is 14.7 Å². The molecule has 0 unspecified atom stereocenters. The van der Waals surface area contributed by atoms with Crippen molar-refractivity contribution in [2.45, 2.75) is 13.5 Å². The van der Waals surface area contributed by atoms with Gasteiger partial charge in [-0.2, -0.15) is 0 Å². The van der Waals surface area contributed by atoms with Gasteiger partial charge in [-0.25, -0.2) is 5.48 Å². The lowest BCUT2D eigenvalue weighted by molar-refractivity contribution is 0.0706. The lowest BCUT2D eigenvalue weighted by atomic mass is 10.1. The number of aromatic nitrogens is 1. The van der Waals surface area contributed by atoms with Crippen LogP contribution >= 0.6 is 0 Å². The second kappa shape index (κ2) is 6.14. The maximum Gasteiger partial charge on any atom is 0.274 e. The Bertz CT molecular complexity index is 851. The predicted molar refractivity (Wildman–Crippen MR) is 88.0 cm³/mol. The van der Waals surface area contributed by atoms with E-state index in [1.165, 1.54) is 0 Å². The smallest absolute Gasteiger partial charge is 0.274 e. The van der Waals surface area contributed by atoms with Crippen molar-refractivity contribution in [3.8, 4) is 5.75 Å². The van der Waals surface area contributed by atoms with Gasteiger partial charge in [0.05, 0.1) is 7.11 Å². The molecule has 0 spiro atoms. The van der Waals surface area contributed by atoms with Gasteiger partial charge in [-0.3, -0.25) is 10.0 Å². The number of ether oxygens (including phenoxy) is 1. The van der Waals surface area contributed by atoms with Gasteiger partial charge in [0.1, 0.15) is 5.75 Å². The first-order valence-corrected chi connectivity index (χ1v) is 7.29. The minimum atomic E-state index is -0.499. The molecule has 5 nitrogen and oxygen atoms in total. The van der Waals surface area contributed by atoms with Gasteiger partial charge in [0.2, 0.25) is 0 Å². The largest absolute Gasteiger partial charge is 0.497 e. The summed E-state index contributed by atoms with van der Waals surface area (Å²) in [6.45, 7) is 2.54. The first kappa shape index (κ1) is 15.1. The van der Waals surface area contributed by atoms with E-state index < -0.39 is 5.91 Å². The van der Waals surface area contributed by atoms with Crippen molar-refractivity contribution in [3.63, 3.8) is 0 Å². The fraction of sp³-hybridized carbons (Fsp3) is 0.167. The van der Waals surface area contributed by atoms with Crippen molar-refractivity contribution >= 4 is 16.8 Å². The summed E-state index contributed by atoms with van der Waals surface area (Å²) in [5.41, 5.74) is 5.08. The molecule has 118 valence electrons. The number of methoxy groups -OCH3 is 1. The van der Waals surface area contributed by atoms with Gasteiger partial charge in [0, 0.05) is 23.8 Å². The number of benzene rings is 2. The van der Waals surface area contributed by atoms with Crippen LogP contribution in [0.3, 0.4) is 0 Å². The Morgan fingerprint density at radius 2 is 1.96 bits per heavy atom. The Hall–Kier alpha value is -2.79. The third kappa shape index (κ3) is 2.91. The van der Waals surface area contributed by atoms with Gasteiger partial charge < -0.3 is 9.30 Å². The van der Waals surface area contributed by atoms with Crippen LogP contribution in [-0.2, 0) is 6.54 Å². The second-order valence-corrected chi connectivity index (χ2v) is 5.46. The zero-order valence-electron chi connectivity index (χ0n) is 13.0. The van der Waals surface area contributed by atoms with E-state index in [9.17, 15) is 4.79 Å². The number of hydrogen-bond donors (Lipinski definition) is 2. The van der Waals surface area contributed by atoms with Gasteiger partial charge in [0.25, 0.3) is 5.91 Å². The fourth-order valence-electron chi connectivity index (χ4n) is 2.72. The molecular formula is C18H18N2O3. The first-order chi connectivity index (χ1) is 11.1. The highest BCUT2D eigenvalue weighted by molar-refractivity contribution is 5.99. The van der Waals surface area contributed by atoms with Crippen molar-refractivity contribution in [1.29, 1.82) is 0 Å². The van der Waals surface area contributed by atoms with Crippen LogP contribution in [-0.4, -0.2) is 22.8 Å². The number of carbonyl (C=O) groups excluding carboxylic acids is 1. The first-order valence-electron chi connectivity index (χ1n) is 7.29. The molecule has 23 heavy (non-hydrogen) atoms. The minimum absolute atomic E-state index is 0.467. The monoisotopic (exact) mass is 310 g/mol. The third-order valence-corrected chi connectivity index (χ3v) is 3.98. The molecule has 1 amide bonds. The van der Waals surface area contributed by atoms with E-state index >= 15 is 0 Å². The molecule has 0 aliphatic heterocycles. The lowest BCUT2D eigenvalue weighted by Gasteiger charge is -2.09. The molecule has 3 rings (SSSR count). The number of rotatable bonds is 4. The van der Waals surface area contributed by atoms with Gasteiger partial charge in [-0.05, 0) is 53.8 Å². The van der Waals surface area contributed by atoms with Crippen LogP contribution < -0.4 is 10.2 Å². The van der Waals surface area contributed by atoms with E-state index in [4.69, 9.17) is 9.94 Å². The Morgan fingerprint density at radius 1 is 1.22 bits per heavy atom. The summed E-state index contributed by atoms with van der Waals surface area (Å²) < 4.78 is 7.24. The van der Waals surface area contributed by atoms with Crippen LogP contribution in [0.4, 0.5) is 0 Å². The van der Waals surface area contributed by atoms with Gasteiger partial charge in [0.15, 0.2) is 0 Å². The van der Waals surface area contributed by atoms with Gasteiger partial charge in [-0.1, -0.05) is 12.1 Å². The predicted octanol–water partition coefficient (Wildman–Crippen LogP) is 3.13. The van der Waals surface area contributed by atoms with E-state index in [2.05, 4.69) is 4.57 Å². The maximum atomic E-state index is 11.8. The quantitative estimate of drug-likeness (QED) is 0.575. The van der Waals surface area contributed by atoms with Gasteiger partial charge >= 0.3 is 0 Å². The third-order valence-electron chi connectivity index (χ3n) is 3.98. The number of nitrogens with zero attached hydrogens (tertiary/aromatic N) is 1. The number of nitrogens with one attached hydrogen (secondary N) is 1. The summed E-state index contributed by atoms with van der Waals surface area (Å²) in [7, 11) is 1.64. The standard InChI is InChI=1S/C18H18N2O3/c1-12-9-14-7-8-20(17(14)10-16(12)18(21)19-22)11-13-3-5-15(23-2)6-4-13/h3-10,22H,11H2,1-2H3,(H,19,21). The molecule has 0 atom stereocenters. The number of amides is 1. The Morgan fingerprint density at radius 3 is 2.61 bits per heavy atom. The SMILES string of the molecule is COc1ccc(Cn2ccc3cc(C)c(C(=O)NO)cc32)cc1. The van der Waals surface area contributed by atoms with E-state index in [0.29, 0.717) is 12.1 Å². The number of aryl methyl sites for hydroxylation is 1. The zero-order chi connectivity index (χ0) is 16.4. The van der Waals surface area contributed by atoms with Crippen LogP contribution in [0.15, 0.2) is 48.7 Å². The molecule has 0 saturated carbocycles. The summed E-state index contributed by atoms with van der Waals surface area (Å²) in [6.07, 6.45) is 2.00. The summed E-state index contributed by atoms with van der Waals surface area (Å²) >= 11 is 0. The second-order valence-electron chi connectivity index (χ2n) is 5.46. The molecule has 2 N–H and O–H groups in total. The molecule has 3 aromatic rings. The molecule has 1 aromatic heterocycles. The van der Waals surface area contributed by atoms with Crippen molar-refractivity contribution in [2.75, 3.05) is 7.11 Å². The van der Waals surface area contributed by atoms with Crippen LogP contribution in [0, 0.1) is 6.92 Å². The molecular weight excluding hydrogens is 292 g/mol. The van der Waals surface area contributed by atoms with E-state index in [1.807, 2.05) is 49.5 Å². The molecule has 0 saturated heterocycles.